The predicted octanol–water partition coefficient (Wildman–Crippen LogP) is 4.82. The van der Waals surface area contributed by atoms with Gasteiger partial charge < -0.3 is 9.47 Å². The van der Waals surface area contributed by atoms with Crippen molar-refractivity contribution in [3.63, 3.8) is 0 Å². The lowest BCUT2D eigenvalue weighted by Gasteiger charge is -2.21. The summed E-state index contributed by atoms with van der Waals surface area (Å²) in [6.45, 7) is 5.52. The highest BCUT2D eigenvalue weighted by Crippen LogP contribution is 2.31. The smallest absolute Gasteiger partial charge is 0.279 e. The number of aromatic nitrogens is 5. The third kappa shape index (κ3) is 4.05. The molecule has 5 rings (SSSR count). The Kier molecular flexibility index (Phi) is 5.72. The Hall–Kier alpha value is -3.10. The first-order chi connectivity index (χ1) is 15.9. The first kappa shape index (κ1) is 21.7. The second-order valence-corrected chi connectivity index (χ2v) is 9.02. The van der Waals surface area contributed by atoms with Crippen LogP contribution in [0.2, 0.25) is 5.02 Å². The van der Waals surface area contributed by atoms with Gasteiger partial charge in [0.1, 0.15) is 22.8 Å². The maximum Gasteiger partial charge on any atom is 0.279 e. The van der Waals surface area contributed by atoms with Gasteiger partial charge in [-0.2, -0.15) is 5.10 Å². The molecule has 1 aliphatic heterocycles. The number of nitrogens with zero attached hydrogens (tertiary/aromatic N) is 5. The zero-order valence-corrected chi connectivity index (χ0v) is 19.6. The SMILES string of the molecule is CC(C)n1cc(Cl)c(-c2ccc(Oc3cn4c(C5CCOCC5)ncc4c(=O)n3C)cc2)n1. The van der Waals surface area contributed by atoms with E-state index in [0.717, 1.165) is 29.9 Å². The number of hydrogen-bond acceptors (Lipinski definition) is 5. The van der Waals surface area contributed by atoms with Crippen LogP contribution in [0.1, 0.15) is 44.5 Å². The third-order valence-electron chi connectivity index (χ3n) is 6.07. The lowest BCUT2D eigenvalue weighted by molar-refractivity contribution is 0.0834. The van der Waals surface area contributed by atoms with Gasteiger partial charge in [-0.15, -0.1) is 0 Å². The highest BCUT2D eigenvalue weighted by Gasteiger charge is 2.22. The van der Waals surface area contributed by atoms with Crippen LogP contribution in [0.3, 0.4) is 0 Å². The van der Waals surface area contributed by atoms with E-state index in [0.29, 0.717) is 35.4 Å². The van der Waals surface area contributed by atoms with Crippen LogP contribution in [-0.2, 0) is 11.8 Å². The van der Waals surface area contributed by atoms with Gasteiger partial charge in [0, 0.05) is 44.0 Å². The molecular weight excluding hydrogens is 442 g/mol. The first-order valence-electron chi connectivity index (χ1n) is 11.1. The first-order valence-corrected chi connectivity index (χ1v) is 11.5. The van der Waals surface area contributed by atoms with Gasteiger partial charge in [0.25, 0.3) is 5.56 Å². The van der Waals surface area contributed by atoms with E-state index in [2.05, 4.69) is 23.9 Å². The molecule has 1 saturated heterocycles. The summed E-state index contributed by atoms with van der Waals surface area (Å²) in [6.07, 6.45) is 7.09. The van der Waals surface area contributed by atoms with Crippen molar-refractivity contribution in [1.29, 1.82) is 0 Å². The second-order valence-electron chi connectivity index (χ2n) is 8.62. The minimum atomic E-state index is -0.152. The van der Waals surface area contributed by atoms with Crippen LogP contribution in [0.5, 0.6) is 11.6 Å². The molecule has 9 heteroatoms. The lowest BCUT2D eigenvalue weighted by atomic mass is 10.00. The van der Waals surface area contributed by atoms with E-state index in [4.69, 9.17) is 21.1 Å². The summed E-state index contributed by atoms with van der Waals surface area (Å²) in [7, 11) is 1.70. The van der Waals surface area contributed by atoms with Crippen molar-refractivity contribution >= 4 is 17.1 Å². The zero-order valence-electron chi connectivity index (χ0n) is 18.9. The number of ether oxygens (including phenoxy) is 2. The lowest BCUT2D eigenvalue weighted by Crippen LogP contribution is -2.22. The molecule has 0 N–H and O–H groups in total. The van der Waals surface area contributed by atoms with Gasteiger partial charge in [0.2, 0.25) is 5.88 Å². The Morgan fingerprint density at radius 3 is 2.55 bits per heavy atom. The number of hydrogen-bond donors (Lipinski definition) is 0. The molecule has 8 nitrogen and oxygen atoms in total. The van der Waals surface area contributed by atoms with E-state index in [1.807, 2.05) is 45.7 Å². The van der Waals surface area contributed by atoms with Crippen molar-refractivity contribution in [3.8, 4) is 22.9 Å². The summed E-state index contributed by atoms with van der Waals surface area (Å²) in [5.41, 5.74) is 2.01. The molecule has 0 bridgehead atoms. The molecule has 172 valence electrons. The fraction of sp³-hybridized carbons (Fsp3) is 0.375. The molecule has 1 aromatic carbocycles. The van der Waals surface area contributed by atoms with Crippen molar-refractivity contribution in [1.82, 2.24) is 23.7 Å². The normalized spacial score (nSPS) is 14.9. The largest absolute Gasteiger partial charge is 0.439 e. The molecule has 1 aliphatic rings. The molecule has 0 unspecified atom stereocenters. The van der Waals surface area contributed by atoms with Crippen LogP contribution in [0, 0.1) is 0 Å². The summed E-state index contributed by atoms with van der Waals surface area (Å²) in [5.74, 6) is 2.19. The molecule has 0 atom stereocenters. The van der Waals surface area contributed by atoms with E-state index in [1.54, 1.807) is 13.2 Å². The van der Waals surface area contributed by atoms with E-state index in [1.165, 1.54) is 4.57 Å². The number of rotatable bonds is 5. The number of halogens is 1. The third-order valence-corrected chi connectivity index (χ3v) is 6.35. The molecule has 0 aliphatic carbocycles. The summed E-state index contributed by atoms with van der Waals surface area (Å²) < 4.78 is 16.8. The van der Waals surface area contributed by atoms with Crippen molar-refractivity contribution in [2.75, 3.05) is 13.2 Å². The molecule has 33 heavy (non-hydrogen) atoms. The molecule has 0 amide bonds. The van der Waals surface area contributed by atoms with Gasteiger partial charge in [-0.05, 0) is 51.0 Å². The van der Waals surface area contributed by atoms with Crippen LogP contribution in [-0.4, -0.2) is 36.9 Å². The fourth-order valence-corrected chi connectivity index (χ4v) is 4.37. The van der Waals surface area contributed by atoms with Gasteiger partial charge in [-0.25, -0.2) is 4.98 Å². The van der Waals surface area contributed by atoms with Gasteiger partial charge >= 0.3 is 0 Å². The highest BCUT2D eigenvalue weighted by atomic mass is 35.5. The van der Waals surface area contributed by atoms with Crippen molar-refractivity contribution in [2.24, 2.45) is 7.05 Å². The van der Waals surface area contributed by atoms with Crippen LogP contribution < -0.4 is 10.3 Å². The Balaban J connectivity index is 1.45. The molecule has 4 heterocycles. The molecule has 0 spiro atoms. The topological polar surface area (TPSA) is 75.6 Å². The Morgan fingerprint density at radius 2 is 1.88 bits per heavy atom. The molecular formula is C24H26ClN5O3. The fourth-order valence-electron chi connectivity index (χ4n) is 4.12. The van der Waals surface area contributed by atoms with E-state index >= 15 is 0 Å². The van der Waals surface area contributed by atoms with Crippen molar-refractivity contribution in [3.05, 3.63) is 64.1 Å². The maximum absolute atomic E-state index is 12.9. The van der Waals surface area contributed by atoms with E-state index < -0.39 is 0 Å². The van der Waals surface area contributed by atoms with Crippen molar-refractivity contribution < 1.29 is 9.47 Å². The summed E-state index contributed by atoms with van der Waals surface area (Å²) in [5, 5.41) is 5.18. The molecule has 0 saturated carbocycles. The average molecular weight is 468 g/mol. The standard InChI is InChI=1S/C24H26ClN5O3/c1-15(2)30-13-19(25)22(27-30)16-4-6-18(7-5-16)33-21-14-29-20(24(31)28(21)3)12-26-23(29)17-8-10-32-11-9-17/h4-7,12-15,17H,8-11H2,1-3H3. The monoisotopic (exact) mass is 467 g/mol. The summed E-state index contributed by atoms with van der Waals surface area (Å²) in [4.78, 5) is 17.5. The van der Waals surface area contributed by atoms with Gasteiger partial charge in [0.15, 0.2) is 0 Å². The molecule has 3 aromatic heterocycles. The quantitative estimate of drug-likeness (QED) is 0.420. The number of fused-ring (bicyclic) bond motifs is 1. The molecule has 1 fully saturated rings. The van der Waals surface area contributed by atoms with E-state index in [-0.39, 0.29) is 17.5 Å². The predicted molar refractivity (Wildman–Crippen MR) is 126 cm³/mol. The van der Waals surface area contributed by atoms with Gasteiger partial charge in [-0.1, -0.05) is 11.6 Å². The summed E-state index contributed by atoms with van der Waals surface area (Å²) in [6, 6.07) is 7.75. The minimum absolute atomic E-state index is 0.152. The second kappa shape index (κ2) is 8.68. The molecule has 0 radical (unpaired) electrons. The van der Waals surface area contributed by atoms with Crippen molar-refractivity contribution in [2.45, 2.75) is 38.6 Å². The van der Waals surface area contributed by atoms with Crippen LogP contribution in [0.25, 0.3) is 16.8 Å². The number of benzene rings is 1. The summed E-state index contributed by atoms with van der Waals surface area (Å²) >= 11 is 6.39. The van der Waals surface area contributed by atoms with E-state index in [9.17, 15) is 4.79 Å². The minimum Gasteiger partial charge on any atom is -0.439 e. The highest BCUT2D eigenvalue weighted by molar-refractivity contribution is 6.33. The van der Waals surface area contributed by atoms with Gasteiger partial charge in [-0.3, -0.25) is 18.4 Å². The Labute approximate surface area is 196 Å². The van der Waals surface area contributed by atoms with Gasteiger partial charge in [0.05, 0.1) is 17.4 Å². The zero-order chi connectivity index (χ0) is 23.1. The number of imidazole rings is 1. The van der Waals surface area contributed by atoms with Crippen LogP contribution >= 0.6 is 11.6 Å². The molecule has 4 aromatic rings. The Bertz CT molecular complexity index is 1350. The van der Waals surface area contributed by atoms with Crippen LogP contribution in [0.4, 0.5) is 0 Å². The average Bonchev–Trinajstić information content (AvgIpc) is 3.42. The van der Waals surface area contributed by atoms with Crippen LogP contribution in [0.15, 0.2) is 47.7 Å². The maximum atomic E-state index is 12.9. The Morgan fingerprint density at radius 1 is 1.15 bits per heavy atom.